The summed E-state index contributed by atoms with van der Waals surface area (Å²) in [6.45, 7) is 0. The van der Waals surface area contributed by atoms with Crippen LogP contribution in [0.1, 0.15) is 5.56 Å². The summed E-state index contributed by atoms with van der Waals surface area (Å²) in [5, 5.41) is 18.5. The van der Waals surface area contributed by atoms with Gasteiger partial charge in [0.15, 0.2) is 5.82 Å². The molecule has 2 N–H and O–H groups in total. The summed E-state index contributed by atoms with van der Waals surface area (Å²) in [6.07, 6.45) is 1.25. The van der Waals surface area contributed by atoms with Crippen LogP contribution in [0.5, 0.6) is 11.9 Å². The van der Waals surface area contributed by atoms with Crippen LogP contribution in [0.4, 0.5) is 8.78 Å². The fourth-order valence-corrected chi connectivity index (χ4v) is 1.82. The Labute approximate surface area is 102 Å². The molecular formula is C10H5BrF2N2O2. The zero-order valence-electron chi connectivity index (χ0n) is 8.15. The van der Waals surface area contributed by atoms with Gasteiger partial charge in [0.05, 0.1) is 16.2 Å². The van der Waals surface area contributed by atoms with Crippen LogP contribution in [0.25, 0.3) is 17.0 Å². The lowest BCUT2D eigenvalue weighted by Crippen LogP contribution is -1.92. The van der Waals surface area contributed by atoms with Crippen molar-refractivity contribution in [2.45, 2.75) is 0 Å². The average molecular weight is 303 g/mol. The SMILES string of the molecule is Oc1nc(O)c2cc(/C=C\F)c(Br)c(F)c2n1. The van der Waals surface area contributed by atoms with Gasteiger partial charge in [-0.1, -0.05) is 0 Å². The van der Waals surface area contributed by atoms with Crippen molar-refractivity contribution in [2.24, 2.45) is 0 Å². The van der Waals surface area contributed by atoms with E-state index in [-0.39, 0.29) is 27.3 Å². The largest absolute Gasteiger partial charge is 0.493 e. The summed E-state index contributed by atoms with van der Waals surface area (Å²) in [5.41, 5.74) is -0.0695. The number of fused-ring (bicyclic) bond motifs is 1. The molecule has 17 heavy (non-hydrogen) atoms. The smallest absolute Gasteiger partial charge is 0.317 e. The molecule has 0 aliphatic heterocycles. The summed E-state index contributed by atoms with van der Waals surface area (Å²) in [7, 11) is 0. The molecule has 0 bridgehead atoms. The molecule has 0 atom stereocenters. The van der Waals surface area contributed by atoms with Gasteiger partial charge in [0.25, 0.3) is 0 Å². The highest BCUT2D eigenvalue weighted by atomic mass is 79.9. The highest BCUT2D eigenvalue weighted by molar-refractivity contribution is 9.10. The van der Waals surface area contributed by atoms with Crippen LogP contribution in [0, 0.1) is 5.82 Å². The van der Waals surface area contributed by atoms with E-state index in [1.807, 2.05) is 0 Å². The molecule has 2 aromatic rings. The van der Waals surface area contributed by atoms with Crippen LogP contribution < -0.4 is 0 Å². The fourth-order valence-electron chi connectivity index (χ4n) is 1.38. The maximum absolute atomic E-state index is 13.8. The van der Waals surface area contributed by atoms with Crippen molar-refractivity contribution in [3.63, 3.8) is 0 Å². The second kappa shape index (κ2) is 4.25. The van der Waals surface area contributed by atoms with Crippen molar-refractivity contribution >= 4 is 32.9 Å². The van der Waals surface area contributed by atoms with Crippen LogP contribution >= 0.6 is 15.9 Å². The van der Waals surface area contributed by atoms with Crippen molar-refractivity contribution in [1.82, 2.24) is 9.97 Å². The Hall–Kier alpha value is -1.76. The second-order valence-electron chi connectivity index (χ2n) is 3.13. The second-order valence-corrected chi connectivity index (χ2v) is 3.92. The summed E-state index contributed by atoms with van der Waals surface area (Å²) in [6, 6.07) is 0.558. The first kappa shape index (κ1) is 11.7. The highest BCUT2D eigenvalue weighted by Gasteiger charge is 2.15. The molecule has 0 amide bonds. The molecule has 1 aromatic carbocycles. The first-order valence-corrected chi connectivity index (χ1v) is 5.18. The molecule has 0 aliphatic rings. The normalized spacial score (nSPS) is 11.5. The molecule has 0 spiro atoms. The topological polar surface area (TPSA) is 66.2 Å². The minimum absolute atomic E-state index is 0.0170. The van der Waals surface area contributed by atoms with Gasteiger partial charge in [0, 0.05) is 0 Å². The Morgan fingerprint density at radius 3 is 2.65 bits per heavy atom. The van der Waals surface area contributed by atoms with Crippen molar-refractivity contribution in [3.8, 4) is 11.9 Å². The molecule has 0 radical (unpaired) electrons. The number of aromatic hydroxyl groups is 2. The van der Waals surface area contributed by atoms with E-state index in [4.69, 9.17) is 5.11 Å². The van der Waals surface area contributed by atoms with Crippen LogP contribution in [-0.2, 0) is 0 Å². The molecule has 0 saturated carbocycles. The van der Waals surface area contributed by atoms with E-state index in [0.29, 0.717) is 0 Å². The lowest BCUT2D eigenvalue weighted by atomic mass is 10.1. The molecule has 0 unspecified atom stereocenters. The van der Waals surface area contributed by atoms with Gasteiger partial charge < -0.3 is 10.2 Å². The predicted molar refractivity (Wildman–Crippen MR) is 60.7 cm³/mol. The summed E-state index contributed by atoms with van der Waals surface area (Å²) < 4.78 is 25.9. The van der Waals surface area contributed by atoms with Gasteiger partial charge in [0.2, 0.25) is 5.88 Å². The Bertz CT molecular complexity index is 631. The Morgan fingerprint density at radius 1 is 1.29 bits per heavy atom. The minimum atomic E-state index is -0.816. The van der Waals surface area contributed by atoms with Gasteiger partial charge in [-0.15, -0.1) is 0 Å². The Morgan fingerprint density at radius 2 is 2.00 bits per heavy atom. The van der Waals surface area contributed by atoms with Gasteiger partial charge in [-0.3, -0.25) is 0 Å². The number of halogens is 3. The molecule has 4 nitrogen and oxygen atoms in total. The van der Waals surface area contributed by atoms with Crippen LogP contribution in [0.3, 0.4) is 0 Å². The number of hydrogen-bond acceptors (Lipinski definition) is 4. The summed E-state index contributed by atoms with van der Waals surface area (Å²) in [4.78, 5) is 6.73. The minimum Gasteiger partial charge on any atom is -0.493 e. The van der Waals surface area contributed by atoms with Gasteiger partial charge in [-0.2, -0.15) is 9.97 Å². The first-order chi connectivity index (χ1) is 8.04. The Balaban J connectivity index is 2.90. The predicted octanol–water partition coefficient (Wildman–Crippen LogP) is 2.88. The van der Waals surface area contributed by atoms with Gasteiger partial charge >= 0.3 is 6.01 Å². The van der Waals surface area contributed by atoms with Crippen LogP contribution in [0.2, 0.25) is 0 Å². The number of rotatable bonds is 1. The molecule has 1 aromatic heterocycles. The Kier molecular flexibility index (Phi) is 2.93. The lowest BCUT2D eigenvalue weighted by molar-refractivity contribution is 0.402. The van der Waals surface area contributed by atoms with Crippen molar-refractivity contribution in [2.75, 3.05) is 0 Å². The monoisotopic (exact) mass is 302 g/mol. The zero-order valence-corrected chi connectivity index (χ0v) is 9.74. The quantitative estimate of drug-likeness (QED) is 0.850. The molecule has 0 aliphatic carbocycles. The zero-order chi connectivity index (χ0) is 12.6. The number of nitrogens with zero attached hydrogens (tertiary/aromatic N) is 2. The van der Waals surface area contributed by atoms with E-state index >= 15 is 0 Å². The number of aromatic nitrogens is 2. The first-order valence-electron chi connectivity index (χ1n) is 4.39. The van der Waals surface area contributed by atoms with E-state index in [2.05, 4.69) is 25.9 Å². The summed E-state index contributed by atoms with van der Waals surface area (Å²) >= 11 is 2.93. The summed E-state index contributed by atoms with van der Waals surface area (Å²) in [5.74, 6) is -1.39. The van der Waals surface area contributed by atoms with Crippen LogP contribution in [-0.4, -0.2) is 20.2 Å². The molecule has 7 heteroatoms. The lowest BCUT2D eigenvalue weighted by Gasteiger charge is -2.06. The van der Waals surface area contributed by atoms with E-state index in [9.17, 15) is 13.9 Å². The molecule has 1 heterocycles. The van der Waals surface area contributed by atoms with Gasteiger partial charge in [-0.25, -0.2) is 8.78 Å². The number of benzene rings is 1. The third-order valence-electron chi connectivity index (χ3n) is 2.11. The van der Waals surface area contributed by atoms with Crippen molar-refractivity contribution in [1.29, 1.82) is 0 Å². The van der Waals surface area contributed by atoms with Gasteiger partial charge in [-0.05, 0) is 33.6 Å². The molecule has 88 valence electrons. The van der Waals surface area contributed by atoms with E-state index in [0.717, 1.165) is 6.08 Å². The standard InChI is InChI=1S/C10H5BrF2N2O2/c11-6-4(1-2-12)3-5-8(7(6)13)14-10(17)15-9(5)16/h1-3H,(H2,14,15,16,17)/b2-1-. The molecular weight excluding hydrogens is 298 g/mol. The van der Waals surface area contributed by atoms with Crippen molar-refractivity contribution < 1.29 is 19.0 Å². The maximum Gasteiger partial charge on any atom is 0.317 e. The molecule has 0 saturated heterocycles. The third kappa shape index (κ3) is 1.93. The van der Waals surface area contributed by atoms with Crippen molar-refractivity contribution in [3.05, 3.63) is 28.2 Å². The highest BCUT2D eigenvalue weighted by Crippen LogP contribution is 2.33. The van der Waals surface area contributed by atoms with Gasteiger partial charge in [0.1, 0.15) is 5.52 Å². The number of hydrogen-bond donors (Lipinski definition) is 2. The maximum atomic E-state index is 13.8. The third-order valence-corrected chi connectivity index (χ3v) is 2.92. The van der Waals surface area contributed by atoms with E-state index < -0.39 is 17.7 Å². The molecule has 2 rings (SSSR count). The average Bonchev–Trinajstić information content (AvgIpc) is 2.27. The van der Waals surface area contributed by atoms with E-state index in [1.165, 1.54) is 6.07 Å². The van der Waals surface area contributed by atoms with E-state index in [1.54, 1.807) is 0 Å². The van der Waals surface area contributed by atoms with Crippen LogP contribution in [0.15, 0.2) is 16.9 Å². The fraction of sp³-hybridized carbons (Fsp3) is 0. The molecule has 0 fully saturated rings.